The van der Waals surface area contributed by atoms with Crippen molar-refractivity contribution < 1.29 is 4.79 Å². The Balaban J connectivity index is 1.88. The third kappa shape index (κ3) is 2.92. The van der Waals surface area contributed by atoms with Crippen molar-refractivity contribution in [1.82, 2.24) is 4.90 Å². The molecule has 0 radical (unpaired) electrons. The van der Waals surface area contributed by atoms with Crippen molar-refractivity contribution in [2.24, 2.45) is 0 Å². The highest BCUT2D eigenvalue weighted by molar-refractivity contribution is 6.42. The Morgan fingerprint density at radius 3 is 2.52 bits per heavy atom. The van der Waals surface area contributed by atoms with Crippen molar-refractivity contribution in [2.45, 2.75) is 18.9 Å². The summed E-state index contributed by atoms with van der Waals surface area (Å²) in [5, 5.41) is 1.08. The van der Waals surface area contributed by atoms with Gasteiger partial charge in [-0.05, 0) is 42.7 Å². The molecule has 1 heterocycles. The number of hydrogen-bond donors (Lipinski definition) is 0. The predicted molar refractivity (Wildman–Crippen MR) is 85.9 cm³/mol. The zero-order valence-corrected chi connectivity index (χ0v) is 12.9. The number of carbonyl (C=O) groups is 1. The number of halogens is 2. The fourth-order valence-electron chi connectivity index (χ4n) is 2.82. The molecule has 1 aliphatic rings. The molecule has 108 valence electrons. The number of likely N-dealkylation sites (tertiary alicyclic amines) is 1. The van der Waals surface area contributed by atoms with E-state index in [2.05, 4.69) is 0 Å². The number of carbonyl (C=O) groups excluding carboxylic acids is 1. The number of benzene rings is 2. The minimum atomic E-state index is 0.0733. The SMILES string of the molecule is O=C(c1ccccc1)N1CCCC1c1ccc(Cl)c(Cl)c1. The Labute approximate surface area is 134 Å². The summed E-state index contributed by atoms with van der Waals surface area (Å²) in [7, 11) is 0. The second kappa shape index (κ2) is 6.08. The second-order valence-electron chi connectivity index (χ2n) is 5.20. The molecule has 1 amide bonds. The molecule has 0 N–H and O–H groups in total. The van der Waals surface area contributed by atoms with Gasteiger partial charge in [0.25, 0.3) is 5.91 Å². The second-order valence-corrected chi connectivity index (χ2v) is 6.01. The van der Waals surface area contributed by atoms with Crippen LogP contribution in [0.25, 0.3) is 0 Å². The molecular formula is C17H15Cl2NO. The van der Waals surface area contributed by atoms with Crippen LogP contribution in [0.3, 0.4) is 0 Å². The predicted octanol–water partition coefficient (Wildman–Crippen LogP) is 4.97. The first kappa shape index (κ1) is 14.4. The van der Waals surface area contributed by atoms with Crippen LogP contribution in [0.2, 0.25) is 10.0 Å². The van der Waals surface area contributed by atoms with Gasteiger partial charge in [-0.3, -0.25) is 4.79 Å². The third-order valence-electron chi connectivity index (χ3n) is 3.86. The average molecular weight is 320 g/mol. The van der Waals surface area contributed by atoms with Gasteiger partial charge in [-0.25, -0.2) is 0 Å². The maximum Gasteiger partial charge on any atom is 0.254 e. The van der Waals surface area contributed by atoms with Gasteiger partial charge in [-0.15, -0.1) is 0 Å². The number of amides is 1. The summed E-state index contributed by atoms with van der Waals surface area (Å²) < 4.78 is 0. The van der Waals surface area contributed by atoms with Crippen molar-refractivity contribution in [3.8, 4) is 0 Å². The maximum atomic E-state index is 12.6. The Kier molecular flexibility index (Phi) is 4.18. The first-order chi connectivity index (χ1) is 10.2. The molecule has 1 atom stereocenters. The van der Waals surface area contributed by atoms with Crippen molar-refractivity contribution in [3.63, 3.8) is 0 Å². The van der Waals surface area contributed by atoms with Gasteiger partial charge >= 0.3 is 0 Å². The highest BCUT2D eigenvalue weighted by Gasteiger charge is 2.30. The van der Waals surface area contributed by atoms with Crippen LogP contribution in [0, 0.1) is 0 Å². The number of nitrogens with zero attached hydrogens (tertiary/aromatic N) is 1. The molecule has 0 aliphatic carbocycles. The fourth-order valence-corrected chi connectivity index (χ4v) is 3.13. The normalized spacial score (nSPS) is 18.0. The van der Waals surface area contributed by atoms with E-state index in [0.717, 1.165) is 30.5 Å². The van der Waals surface area contributed by atoms with E-state index in [-0.39, 0.29) is 11.9 Å². The Hall–Kier alpha value is -1.51. The van der Waals surface area contributed by atoms with E-state index in [9.17, 15) is 4.79 Å². The van der Waals surface area contributed by atoms with Crippen LogP contribution >= 0.6 is 23.2 Å². The molecule has 2 aromatic carbocycles. The van der Waals surface area contributed by atoms with E-state index in [1.165, 1.54) is 0 Å². The third-order valence-corrected chi connectivity index (χ3v) is 4.60. The summed E-state index contributed by atoms with van der Waals surface area (Å²) in [5.74, 6) is 0.0733. The molecule has 1 aliphatic heterocycles. The standard InChI is InChI=1S/C17H15Cl2NO/c18-14-9-8-13(11-15(14)19)16-7-4-10-20(16)17(21)12-5-2-1-3-6-12/h1-3,5-6,8-9,11,16H,4,7,10H2. The summed E-state index contributed by atoms with van der Waals surface area (Å²) in [6.45, 7) is 0.776. The minimum Gasteiger partial charge on any atom is -0.332 e. The van der Waals surface area contributed by atoms with Crippen molar-refractivity contribution >= 4 is 29.1 Å². The highest BCUT2D eigenvalue weighted by Crippen LogP contribution is 2.35. The average Bonchev–Trinajstić information content (AvgIpc) is 2.99. The molecule has 21 heavy (non-hydrogen) atoms. The molecule has 0 saturated carbocycles. The van der Waals surface area contributed by atoms with Crippen LogP contribution in [0.1, 0.15) is 34.8 Å². The molecule has 2 aromatic rings. The van der Waals surface area contributed by atoms with Crippen molar-refractivity contribution in [2.75, 3.05) is 6.54 Å². The molecular weight excluding hydrogens is 305 g/mol. The zero-order chi connectivity index (χ0) is 14.8. The van der Waals surface area contributed by atoms with Crippen LogP contribution in [-0.4, -0.2) is 17.4 Å². The molecule has 0 spiro atoms. The van der Waals surface area contributed by atoms with Gasteiger partial charge in [0, 0.05) is 12.1 Å². The molecule has 0 aromatic heterocycles. The van der Waals surface area contributed by atoms with Crippen LogP contribution < -0.4 is 0 Å². The molecule has 4 heteroatoms. The van der Waals surface area contributed by atoms with E-state index in [4.69, 9.17) is 23.2 Å². The van der Waals surface area contributed by atoms with Gasteiger partial charge < -0.3 is 4.90 Å². The monoisotopic (exact) mass is 319 g/mol. The van der Waals surface area contributed by atoms with E-state index in [0.29, 0.717) is 10.0 Å². The van der Waals surface area contributed by atoms with Crippen molar-refractivity contribution in [3.05, 3.63) is 69.7 Å². The highest BCUT2D eigenvalue weighted by atomic mass is 35.5. The van der Waals surface area contributed by atoms with Gasteiger partial charge in [0.2, 0.25) is 0 Å². The van der Waals surface area contributed by atoms with Crippen LogP contribution in [0.4, 0.5) is 0 Å². The topological polar surface area (TPSA) is 20.3 Å². The van der Waals surface area contributed by atoms with E-state index in [1.54, 1.807) is 6.07 Å². The maximum absolute atomic E-state index is 12.6. The van der Waals surface area contributed by atoms with E-state index < -0.39 is 0 Å². The first-order valence-electron chi connectivity index (χ1n) is 6.98. The number of hydrogen-bond acceptors (Lipinski definition) is 1. The molecule has 1 unspecified atom stereocenters. The smallest absolute Gasteiger partial charge is 0.254 e. The van der Waals surface area contributed by atoms with Gasteiger partial charge in [0.1, 0.15) is 0 Å². The van der Waals surface area contributed by atoms with Gasteiger partial charge in [-0.1, -0.05) is 47.5 Å². The van der Waals surface area contributed by atoms with Crippen LogP contribution in [-0.2, 0) is 0 Å². The van der Waals surface area contributed by atoms with Gasteiger partial charge in [-0.2, -0.15) is 0 Å². The van der Waals surface area contributed by atoms with E-state index >= 15 is 0 Å². The molecule has 2 nitrogen and oxygen atoms in total. The zero-order valence-electron chi connectivity index (χ0n) is 11.4. The lowest BCUT2D eigenvalue weighted by molar-refractivity contribution is 0.0735. The summed E-state index contributed by atoms with van der Waals surface area (Å²) >= 11 is 12.1. The summed E-state index contributed by atoms with van der Waals surface area (Å²) in [6.07, 6.45) is 1.96. The molecule has 3 rings (SSSR count). The summed E-state index contributed by atoms with van der Waals surface area (Å²) in [6, 6.07) is 15.1. The van der Waals surface area contributed by atoms with Crippen molar-refractivity contribution in [1.29, 1.82) is 0 Å². The largest absolute Gasteiger partial charge is 0.332 e. The quantitative estimate of drug-likeness (QED) is 0.765. The lowest BCUT2D eigenvalue weighted by Crippen LogP contribution is -2.30. The summed E-state index contributed by atoms with van der Waals surface area (Å²) in [5.41, 5.74) is 1.77. The van der Waals surface area contributed by atoms with Gasteiger partial charge in [0.05, 0.1) is 16.1 Å². The molecule has 0 bridgehead atoms. The Bertz CT molecular complexity index is 657. The lowest BCUT2D eigenvalue weighted by atomic mass is 10.0. The Morgan fingerprint density at radius 2 is 1.81 bits per heavy atom. The van der Waals surface area contributed by atoms with Crippen LogP contribution in [0.5, 0.6) is 0 Å². The summed E-state index contributed by atoms with van der Waals surface area (Å²) in [4.78, 5) is 14.6. The Morgan fingerprint density at radius 1 is 1.05 bits per heavy atom. The molecule has 1 saturated heterocycles. The fraction of sp³-hybridized carbons (Fsp3) is 0.235. The van der Waals surface area contributed by atoms with E-state index in [1.807, 2.05) is 47.4 Å². The first-order valence-corrected chi connectivity index (χ1v) is 7.73. The minimum absolute atomic E-state index is 0.0733. The van der Waals surface area contributed by atoms with Crippen LogP contribution in [0.15, 0.2) is 48.5 Å². The lowest BCUT2D eigenvalue weighted by Gasteiger charge is -2.25. The molecule has 1 fully saturated rings. The van der Waals surface area contributed by atoms with Gasteiger partial charge in [0.15, 0.2) is 0 Å². The number of rotatable bonds is 2.